The van der Waals surface area contributed by atoms with Crippen molar-refractivity contribution in [3.8, 4) is 0 Å². The molecule has 24 aliphatic carbocycles. The Labute approximate surface area is 830 Å². The van der Waals surface area contributed by atoms with Gasteiger partial charge in [0.05, 0.1) is 10.4 Å². The summed E-state index contributed by atoms with van der Waals surface area (Å²) in [6, 6.07) is 108. The highest BCUT2D eigenvalue weighted by Gasteiger charge is 2.58. The van der Waals surface area contributed by atoms with Crippen LogP contribution in [0.4, 0.5) is 51.2 Å². The molecule has 0 atom stereocenters. The van der Waals surface area contributed by atoms with E-state index >= 15 is 0 Å². The minimum atomic E-state index is 0.434. The second-order valence-corrected chi connectivity index (χ2v) is 54.5. The predicted octanol–water partition coefficient (Wildman–Crippen LogP) is 37.4. The van der Waals surface area contributed by atoms with Crippen LogP contribution in [0.5, 0.6) is 0 Å². The van der Waals surface area contributed by atoms with Crippen LogP contribution >= 0.6 is 34.0 Å². The molecule has 696 valence electrons. The van der Waals surface area contributed by atoms with Crippen LogP contribution in [0, 0.1) is 107 Å². The second-order valence-electron chi connectivity index (χ2n) is 51.3. The minimum absolute atomic E-state index is 0.434. The molecule has 0 aliphatic heterocycles. The topological polar surface area (TPSA) is 9.72 Å². The van der Waals surface area contributed by atoms with Gasteiger partial charge in [0.1, 0.15) is 0 Å². The first-order valence-corrected chi connectivity index (χ1v) is 58.0. The first kappa shape index (κ1) is 83.3. The van der Waals surface area contributed by atoms with Crippen molar-refractivity contribution in [2.24, 2.45) is 107 Å². The summed E-state index contributed by atoms with van der Waals surface area (Å²) >= 11 is 5.79. The van der Waals surface area contributed by atoms with Crippen LogP contribution in [0.1, 0.15) is 265 Å². The summed E-state index contributed by atoms with van der Waals surface area (Å²) in [5.74, 6) is 17.5. The fourth-order valence-electron chi connectivity index (χ4n) is 39.5. The van der Waals surface area contributed by atoms with Crippen LogP contribution < -0.4 is 14.7 Å². The van der Waals surface area contributed by atoms with Crippen molar-refractivity contribution in [1.82, 2.24) is 0 Å². The summed E-state index contributed by atoms with van der Waals surface area (Å²) in [5, 5.41) is 8.24. The van der Waals surface area contributed by atoms with E-state index in [9.17, 15) is 0 Å². The molecule has 6 heteroatoms. The molecular formula is C132H135N3S3. The SMILES string of the molecule is c1ccc2c(c1)sc1c(N(c3ccc(C45CC6CC(CC(C6)C4)C5)cc3)c3ccc(C45CC6CC(CC(C6)C4)C5)cc3)cccc12.c1ccc2c(c1)sc1cc(N(c3ccc(C45CC6CC(CC(C6)C4)C5)cc3)c3ccc(C45CC6CC(CC(C6)C4)C5)cc3)ccc12.c1ccc2c(c1)sc1ccc(N(c3ccc(C45CC6CC(CC(C6)C4)C5)cc3)c3ccc(C45CC6CC(CC(C6)C4)C5)cc3)cc12. The maximum absolute atomic E-state index is 2.57. The van der Waals surface area contributed by atoms with Gasteiger partial charge in [-0.05, 0) is 531 Å². The molecule has 15 aromatic rings. The van der Waals surface area contributed by atoms with Gasteiger partial charge in [-0.3, -0.25) is 0 Å². The molecule has 24 fully saturated rings. The van der Waals surface area contributed by atoms with Gasteiger partial charge in [0.25, 0.3) is 0 Å². The number of fused-ring (bicyclic) bond motifs is 9. The molecular weight excluding hydrogens is 1720 g/mol. The van der Waals surface area contributed by atoms with E-state index < -0.39 is 0 Å². The van der Waals surface area contributed by atoms with Crippen molar-refractivity contribution >= 4 is 146 Å². The summed E-state index contributed by atoms with van der Waals surface area (Å²) in [7, 11) is 0. The van der Waals surface area contributed by atoms with Crippen molar-refractivity contribution < 1.29 is 0 Å². The fraction of sp³-hybridized carbons (Fsp3) is 0.455. The van der Waals surface area contributed by atoms with Gasteiger partial charge in [0, 0.05) is 101 Å². The molecule has 3 heterocycles. The molecule has 24 bridgehead atoms. The molecule has 12 aromatic carbocycles. The van der Waals surface area contributed by atoms with E-state index in [1.165, 1.54) is 343 Å². The van der Waals surface area contributed by atoms with Crippen molar-refractivity contribution in [2.75, 3.05) is 14.7 Å². The molecule has 0 amide bonds. The smallest absolute Gasteiger partial charge is 0.0640 e. The third kappa shape index (κ3) is 13.7. The van der Waals surface area contributed by atoms with Crippen molar-refractivity contribution in [1.29, 1.82) is 0 Å². The molecule has 3 nitrogen and oxygen atoms in total. The maximum Gasteiger partial charge on any atom is 0.0640 e. The zero-order chi connectivity index (χ0) is 90.1. The summed E-state index contributed by atoms with van der Waals surface area (Å²) < 4.78 is 8.26. The minimum Gasteiger partial charge on any atom is -0.310 e. The first-order chi connectivity index (χ1) is 67.8. The Morgan fingerprint density at radius 1 is 0.159 bits per heavy atom. The molecule has 0 saturated heterocycles. The molecule has 39 rings (SSSR count). The Bertz CT molecular complexity index is 6770. The standard InChI is InChI=1S/3C44H45NS/c1-2-7-41-38(4-1)39-5-3-6-40(42(39)46-41)45(36-12-8-34(9-13-36)43-22-28-16-29(23-43)18-30(17-28)24-43)37-14-10-35(11-15-37)44-25-31-19-32(26-44)21-33(20-31)27-44;1-2-4-41-39(3-1)40-21-38(13-14-42(40)46-41)45(36-9-5-34(6-10-36)43-22-28-15-29(23-43)17-30(16-28)24-43)37-11-7-35(8-12-37)44-25-31-18-32(26-44)20-33(19-31)27-44;1-2-4-41-39(3-1)40-14-13-38(21-42(40)46-41)45(36-9-5-34(6-10-36)43-22-28-15-29(23-43)17-30(16-28)24-43)37-11-7-35(8-12-37)44-25-31-18-32(26-44)20-33(19-31)27-44/h1-15,28-33H,16-27H2;2*1-14,21,28-33H,15-20,22-27H2. The molecule has 0 spiro atoms. The maximum atomic E-state index is 2.57. The van der Waals surface area contributed by atoms with E-state index in [0.717, 1.165) is 107 Å². The highest BCUT2D eigenvalue weighted by Crippen LogP contribution is 2.69. The van der Waals surface area contributed by atoms with Gasteiger partial charge >= 0.3 is 0 Å². The third-order valence-corrected chi connectivity index (χ3v) is 46.0. The lowest BCUT2D eigenvalue weighted by Crippen LogP contribution is -2.48. The Morgan fingerprint density at radius 3 is 0.667 bits per heavy atom. The third-order valence-electron chi connectivity index (χ3n) is 42.5. The van der Waals surface area contributed by atoms with E-state index in [1.807, 2.05) is 34.0 Å². The van der Waals surface area contributed by atoms with Crippen LogP contribution in [0.3, 0.4) is 0 Å². The molecule has 24 saturated carbocycles. The molecule has 0 radical (unpaired) electrons. The lowest BCUT2D eigenvalue weighted by Gasteiger charge is -2.57. The van der Waals surface area contributed by atoms with Gasteiger partial charge in [-0.25, -0.2) is 0 Å². The van der Waals surface area contributed by atoms with Crippen molar-refractivity contribution in [2.45, 2.75) is 264 Å². The number of benzene rings is 12. The van der Waals surface area contributed by atoms with E-state index in [0.29, 0.717) is 32.5 Å². The van der Waals surface area contributed by atoms with Gasteiger partial charge in [0.2, 0.25) is 0 Å². The van der Waals surface area contributed by atoms with Gasteiger partial charge in [-0.1, -0.05) is 146 Å². The number of thiophene rings is 3. The Hall–Kier alpha value is -9.30. The Kier molecular flexibility index (Phi) is 19.1. The van der Waals surface area contributed by atoms with Gasteiger partial charge < -0.3 is 14.7 Å². The molecule has 3 aromatic heterocycles. The van der Waals surface area contributed by atoms with Gasteiger partial charge in [-0.15, -0.1) is 34.0 Å². The number of nitrogens with zero attached hydrogens (tertiary/aromatic N) is 3. The van der Waals surface area contributed by atoms with E-state index in [2.05, 4.69) is 288 Å². The van der Waals surface area contributed by atoms with Crippen molar-refractivity contribution in [3.63, 3.8) is 0 Å². The lowest BCUT2D eigenvalue weighted by atomic mass is 9.48. The molecule has 24 aliphatic rings. The second kappa shape index (κ2) is 31.6. The molecule has 138 heavy (non-hydrogen) atoms. The van der Waals surface area contributed by atoms with Crippen LogP contribution in [0.15, 0.2) is 273 Å². The fourth-order valence-corrected chi connectivity index (χ4v) is 42.9. The summed E-state index contributed by atoms with van der Waals surface area (Å²) in [5.41, 5.74) is 23.9. The van der Waals surface area contributed by atoms with Gasteiger partial charge in [0.15, 0.2) is 0 Å². The van der Waals surface area contributed by atoms with Gasteiger partial charge in [-0.2, -0.15) is 0 Å². The lowest BCUT2D eigenvalue weighted by molar-refractivity contribution is -0.00531. The van der Waals surface area contributed by atoms with Crippen LogP contribution in [0.2, 0.25) is 0 Å². The monoisotopic (exact) mass is 1860 g/mol. The number of rotatable bonds is 15. The van der Waals surface area contributed by atoms with E-state index in [-0.39, 0.29) is 0 Å². The molecule has 0 unspecified atom stereocenters. The van der Waals surface area contributed by atoms with E-state index in [1.54, 1.807) is 33.4 Å². The normalized spacial score (nSPS) is 35.4. The number of hydrogen-bond donors (Lipinski definition) is 0. The molecule has 0 N–H and O–H groups in total. The number of anilines is 9. The number of hydrogen-bond acceptors (Lipinski definition) is 6. The average molecular weight is 1860 g/mol. The highest BCUT2D eigenvalue weighted by molar-refractivity contribution is 7.27. The Balaban J connectivity index is 0.0000000959. The summed E-state index contributed by atoms with van der Waals surface area (Å²) in [6.45, 7) is 0. The zero-order valence-electron chi connectivity index (χ0n) is 80.9. The summed E-state index contributed by atoms with van der Waals surface area (Å²) in [4.78, 5) is 7.65. The van der Waals surface area contributed by atoms with E-state index in [4.69, 9.17) is 0 Å². The zero-order valence-corrected chi connectivity index (χ0v) is 83.3. The largest absolute Gasteiger partial charge is 0.310 e. The quantitative estimate of drug-likeness (QED) is 0.101. The van der Waals surface area contributed by atoms with Crippen molar-refractivity contribution in [3.05, 3.63) is 306 Å². The first-order valence-electron chi connectivity index (χ1n) is 55.5. The highest BCUT2D eigenvalue weighted by atomic mass is 32.1. The average Bonchev–Trinajstić information content (AvgIpc) is 1.38. The predicted molar refractivity (Wildman–Crippen MR) is 581 cm³/mol. The van der Waals surface area contributed by atoms with Crippen LogP contribution in [-0.2, 0) is 32.5 Å². The van der Waals surface area contributed by atoms with Crippen LogP contribution in [0.25, 0.3) is 60.5 Å². The van der Waals surface area contributed by atoms with Crippen LogP contribution in [-0.4, -0.2) is 0 Å². The summed E-state index contributed by atoms with van der Waals surface area (Å²) in [6.07, 6.45) is 52.7. The Morgan fingerprint density at radius 2 is 0.370 bits per heavy atom.